The van der Waals surface area contributed by atoms with E-state index < -0.39 is 0 Å². The van der Waals surface area contributed by atoms with E-state index in [-0.39, 0.29) is 0 Å². The minimum absolute atomic E-state index is 0.635. The molecule has 0 atom stereocenters. The zero-order valence-electron chi connectivity index (χ0n) is 8.41. The first kappa shape index (κ1) is 11.8. The highest BCUT2D eigenvalue weighted by molar-refractivity contribution is 7.99. The van der Waals surface area contributed by atoms with Gasteiger partial charge in [-0.25, -0.2) is 0 Å². The van der Waals surface area contributed by atoms with E-state index in [1.54, 1.807) is 18.9 Å². The molecule has 0 unspecified atom stereocenters. The van der Waals surface area contributed by atoms with E-state index in [9.17, 15) is 0 Å². The van der Waals surface area contributed by atoms with Crippen LogP contribution in [-0.2, 0) is 6.42 Å². The summed E-state index contributed by atoms with van der Waals surface area (Å²) >= 11 is 6.07. The van der Waals surface area contributed by atoms with Crippen molar-refractivity contribution >= 4 is 24.4 Å². The molecule has 78 valence electrons. The predicted molar refractivity (Wildman–Crippen MR) is 64.8 cm³/mol. The fourth-order valence-electron chi connectivity index (χ4n) is 1.30. The molecule has 14 heavy (non-hydrogen) atoms. The molecule has 2 nitrogen and oxygen atoms in total. The van der Waals surface area contributed by atoms with Crippen LogP contribution in [0.15, 0.2) is 21.9 Å². The standard InChI is InChI=1S/C10H15NOS2/c1-12-8-6-9(13)10(14-2)5-7(8)3-4-11/h5-6,13H,3-4,11H2,1-2H3. The van der Waals surface area contributed by atoms with Gasteiger partial charge < -0.3 is 10.5 Å². The maximum atomic E-state index is 5.53. The molecule has 0 fully saturated rings. The average molecular weight is 229 g/mol. The maximum Gasteiger partial charge on any atom is 0.123 e. The largest absolute Gasteiger partial charge is 0.496 e. The van der Waals surface area contributed by atoms with Gasteiger partial charge in [-0.3, -0.25) is 0 Å². The first-order valence-electron chi connectivity index (χ1n) is 4.36. The van der Waals surface area contributed by atoms with Crippen LogP contribution in [0.2, 0.25) is 0 Å². The molecule has 0 saturated heterocycles. The fraction of sp³-hybridized carbons (Fsp3) is 0.400. The summed E-state index contributed by atoms with van der Waals surface area (Å²) in [6.45, 7) is 0.635. The van der Waals surface area contributed by atoms with Gasteiger partial charge in [-0.05, 0) is 36.9 Å². The quantitative estimate of drug-likeness (QED) is 0.614. The van der Waals surface area contributed by atoms with Gasteiger partial charge >= 0.3 is 0 Å². The fourth-order valence-corrected chi connectivity index (χ4v) is 2.28. The van der Waals surface area contributed by atoms with Crippen LogP contribution >= 0.6 is 24.4 Å². The Bertz CT molecular complexity index is 315. The number of hydrogen-bond donors (Lipinski definition) is 2. The van der Waals surface area contributed by atoms with Crippen molar-refractivity contribution in [2.45, 2.75) is 16.2 Å². The zero-order chi connectivity index (χ0) is 10.6. The van der Waals surface area contributed by atoms with Crippen LogP contribution in [0.1, 0.15) is 5.56 Å². The van der Waals surface area contributed by atoms with Crippen LogP contribution in [0.3, 0.4) is 0 Å². The summed E-state index contributed by atoms with van der Waals surface area (Å²) < 4.78 is 5.26. The number of benzene rings is 1. The molecule has 2 N–H and O–H groups in total. The van der Waals surface area contributed by atoms with Gasteiger partial charge in [0.2, 0.25) is 0 Å². The van der Waals surface area contributed by atoms with Crippen molar-refractivity contribution in [3.63, 3.8) is 0 Å². The third kappa shape index (κ3) is 2.59. The Kier molecular flexibility index (Phi) is 4.65. The molecular weight excluding hydrogens is 214 g/mol. The molecule has 0 amide bonds. The van der Waals surface area contributed by atoms with Crippen molar-refractivity contribution in [3.8, 4) is 5.75 Å². The molecule has 4 heteroatoms. The molecule has 1 rings (SSSR count). The summed E-state index contributed by atoms with van der Waals surface area (Å²) in [7, 11) is 1.67. The van der Waals surface area contributed by atoms with Gasteiger partial charge in [0.25, 0.3) is 0 Å². The second kappa shape index (κ2) is 5.53. The molecule has 0 radical (unpaired) electrons. The first-order chi connectivity index (χ1) is 6.72. The second-order valence-electron chi connectivity index (χ2n) is 2.87. The van der Waals surface area contributed by atoms with Crippen LogP contribution in [0.4, 0.5) is 0 Å². The lowest BCUT2D eigenvalue weighted by atomic mass is 10.1. The number of rotatable bonds is 4. The van der Waals surface area contributed by atoms with E-state index >= 15 is 0 Å². The predicted octanol–water partition coefficient (Wildman–Crippen LogP) is 2.21. The maximum absolute atomic E-state index is 5.53. The number of thioether (sulfide) groups is 1. The summed E-state index contributed by atoms with van der Waals surface area (Å²) in [5.74, 6) is 0.873. The van der Waals surface area contributed by atoms with Gasteiger partial charge in [0.15, 0.2) is 0 Å². The Labute approximate surface area is 94.6 Å². The number of ether oxygens (including phenoxy) is 1. The topological polar surface area (TPSA) is 35.2 Å². The van der Waals surface area contributed by atoms with Crippen molar-refractivity contribution in [3.05, 3.63) is 17.7 Å². The number of methoxy groups -OCH3 is 1. The van der Waals surface area contributed by atoms with Crippen molar-refractivity contribution in [1.82, 2.24) is 0 Å². The number of nitrogens with two attached hydrogens (primary N) is 1. The lowest BCUT2D eigenvalue weighted by Gasteiger charge is -2.11. The smallest absolute Gasteiger partial charge is 0.123 e. The monoisotopic (exact) mass is 229 g/mol. The normalized spacial score (nSPS) is 10.3. The van der Waals surface area contributed by atoms with E-state index in [1.807, 2.05) is 12.3 Å². The van der Waals surface area contributed by atoms with Crippen molar-refractivity contribution in [2.24, 2.45) is 5.73 Å². The number of hydrogen-bond acceptors (Lipinski definition) is 4. The first-order valence-corrected chi connectivity index (χ1v) is 6.04. The molecule has 0 bridgehead atoms. The van der Waals surface area contributed by atoms with Gasteiger partial charge in [0.05, 0.1) is 7.11 Å². The SMILES string of the molecule is COc1cc(S)c(SC)cc1CCN. The molecule has 0 aliphatic rings. The molecule has 0 saturated carbocycles. The van der Waals surface area contributed by atoms with Crippen molar-refractivity contribution < 1.29 is 4.74 Å². The van der Waals surface area contributed by atoms with E-state index in [4.69, 9.17) is 10.5 Å². The van der Waals surface area contributed by atoms with E-state index in [0.717, 1.165) is 27.5 Å². The van der Waals surface area contributed by atoms with Crippen molar-refractivity contribution in [1.29, 1.82) is 0 Å². The number of thiol groups is 1. The Morgan fingerprint density at radius 1 is 1.50 bits per heavy atom. The molecule has 0 aliphatic heterocycles. The minimum Gasteiger partial charge on any atom is -0.496 e. The lowest BCUT2D eigenvalue weighted by Crippen LogP contribution is -2.04. The Hall–Kier alpha value is -0.320. The highest BCUT2D eigenvalue weighted by Crippen LogP contribution is 2.31. The highest BCUT2D eigenvalue weighted by Gasteiger charge is 2.07. The highest BCUT2D eigenvalue weighted by atomic mass is 32.2. The molecule has 0 spiro atoms. The Balaban J connectivity index is 3.11. The third-order valence-electron chi connectivity index (χ3n) is 2.00. The minimum atomic E-state index is 0.635. The van der Waals surface area contributed by atoms with Gasteiger partial charge in [-0.1, -0.05) is 0 Å². The van der Waals surface area contributed by atoms with Crippen LogP contribution < -0.4 is 10.5 Å². The van der Waals surface area contributed by atoms with E-state index in [0.29, 0.717) is 6.54 Å². The van der Waals surface area contributed by atoms with Crippen molar-refractivity contribution in [2.75, 3.05) is 19.9 Å². The molecular formula is C10H15NOS2. The molecule has 1 aromatic rings. The summed E-state index contributed by atoms with van der Waals surface area (Å²) in [5, 5.41) is 0. The Morgan fingerprint density at radius 2 is 2.21 bits per heavy atom. The molecule has 0 heterocycles. The van der Waals surface area contributed by atoms with Gasteiger partial charge in [-0.15, -0.1) is 24.4 Å². The zero-order valence-corrected chi connectivity index (χ0v) is 10.1. The van der Waals surface area contributed by atoms with Gasteiger partial charge in [0, 0.05) is 9.79 Å². The summed E-state index contributed by atoms with van der Waals surface area (Å²) in [6.07, 6.45) is 2.87. The van der Waals surface area contributed by atoms with Crippen LogP contribution in [0.5, 0.6) is 5.75 Å². The van der Waals surface area contributed by atoms with Gasteiger partial charge in [-0.2, -0.15) is 0 Å². The summed E-state index contributed by atoms with van der Waals surface area (Å²) in [6, 6.07) is 4.04. The summed E-state index contributed by atoms with van der Waals surface area (Å²) in [4.78, 5) is 2.12. The molecule has 1 aromatic carbocycles. The molecule has 0 aliphatic carbocycles. The van der Waals surface area contributed by atoms with Crippen LogP contribution in [0, 0.1) is 0 Å². The summed E-state index contributed by atoms with van der Waals surface area (Å²) in [5.41, 5.74) is 6.68. The van der Waals surface area contributed by atoms with E-state index in [2.05, 4.69) is 18.7 Å². The van der Waals surface area contributed by atoms with E-state index in [1.165, 1.54) is 0 Å². The average Bonchev–Trinajstić information content (AvgIpc) is 2.20. The third-order valence-corrected chi connectivity index (χ3v) is 3.29. The lowest BCUT2D eigenvalue weighted by molar-refractivity contribution is 0.408. The second-order valence-corrected chi connectivity index (χ2v) is 4.20. The van der Waals surface area contributed by atoms with Crippen LogP contribution in [0.25, 0.3) is 0 Å². The van der Waals surface area contributed by atoms with Gasteiger partial charge in [0.1, 0.15) is 5.75 Å². The molecule has 0 aromatic heterocycles. The van der Waals surface area contributed by atoms with Crippen LogP contribution in [-0.4, -0.2) is 19.9 Å². The Morgan fingerprint density at radius 3 is 2.71 bits per heavy atom.